The fourth-order valence-corrected chi connectivity index (χ4v) is 1.30. The van der Waals surface area contributed by atoms with Gasteiger partial charge in [0, 0.05) is 12.8 Å². The van der Waals surface area contributed by atoms with E-state index in [0.717, 1.165) is 19.3 Å². The fourth-order valence-electron chi connectivity index (χ4n) is 1.30. The van der Waals surface area contributed by atoms with Gasteiger partial charge in [-0.05, 0) is 12.8 Å². The predicted molar refractivity (Wildman–Crippen MR) is 72.1 cm³/mol. The lowest BCUT2D eigenvalue weighted by molar-refractivity contribution is -0.143. The van der Waals surface area contributed by atoms with Crippen LogP contribution in [0.5, 0.6) is 0 Å². The summed E-state index contributed by atoms with van der Waals surface area (Å²) in [5.74, 6) is -3.67. The Kier molecular flexibility index (Phi) is 14.4. The highest BCUT2D eigenvalue weighted by Crippen LogP contribution is 2.06. The molecule has 0 atom stereocenters. The largest absolute Gasteiger partial charge is 0.481 e. The number of unbranched alkanes of at least 4 members (excludes halogenated alkanes) is 4. The monoisotopic (exact) mass is 306 g/mol. The van der Waals surface area contributed by atoms with Crippen molar-refractivity contribution < 1.29 is 39.6 Å². The van der Waals surface area contributed by atoms with Gasteiger partial charge in [-0.3, -0.25) is 19.2 Å². The molecule has 0 heterocycles. The summed E-state index contributed by atoms with van der Waals surface area (Å²) in [5.41, 5.74) is 0. The van der Waals surface area contributed by atoms with E-state index in [1.807, 2.05) is 0 Å². The first-order chi connectivity index (χ1) is 9.75. The van der Waals surface area contributed by atoms with Crippen LogP contribution >= 0.6 is 0 Å². The van der Waals surface area contributed by atoms with Gasteiger partial charge in [0.05, 0.1) is 12.8 Å². The normalized spacial score (nSPS) is 9.33. The summed E-state index contributed by atoms with van der Waals surface area (Å²) in [5, 5.41) is 32.4. The Labute approximate surface area is 122 Å². The molecule has 0 rings (SSSR count). The molecule has 4 N–H and O–H groups in total. The first-order valence-electron chi connectivity index (χ1n) is 6.63. The summed E-state index contributed by atoms with van der Waals surface area (Å²) in [4.78, 5) is 39.5. The van der Waals surface area contributed by atoms with E-state index in [2.05, 4.69) is 0 Å². The molecule has 0 aliphatic heterocycles. The first-order valence-corrected chi connectivity index (χ1v) is 6.63. The molecule has 8 nitrogen and oxygen atoms in total. The molecule has 0 saturated heterocycles. The quantitative estimate of drug-likeness (QED) is 0.422. The van der Waals surface area contributed by atoms with Crippen molar-refractivity contribution >= 4 is 23.9 Å². The minimum atomic E-state index is -1.08. The van der Waals surface area contributed by atoms with E-state index < -0.39 is 23.9 Å². The summed E-state index contributed by atoms with van der Waals surface area (Å²) >= 11 is 0. The molecule has 0 aliphatic carbocycles. The molecule has 0 unspecified atom stereocenters. The molecule has 0 aromatic heterocycles. The van der Waals surface area contributed by atoms with Crippen molar-refractivity contribution in [2.24, 2.45) is 0 Å². The van der Waals surface area contributed by atoms with Crippen LogP contribution in [0.2, 0.25) is 0 Å². The molecule has 0 bridgehead atoms. The zero-order valence-electron chi connectivity index (χ0n) is 11.8. The van der Waals surface area contributed by atoms with Gasteiger partial charge in [-0.1, -0.05) is 19.3 Å². The van der Waals surface area contributed by atoms with E-state index in [9.17, 15) is 19.2 Å². The Morgan fingerprint density at radius 2 is 0.667 bits per heavy atom. The molecule has 8 heteroatoms. The Morgan fingerprint density at radius 3 is 0.905 bits per heavy atom. The highest BCUT2D eigenvalue weighted by Gasteiger charge is 2.00. The lowest BCUT2D eigenvalue weighted by Crippen LogP contribution is -2.00. The summed E-state index contributed by atoms with van der Waals surface area (Å²) in [6.07, 6.45) is 3.94. The fraction of sp³-hybridized carbons (Fsp3) is 0.692. The lowest BCUT2D eigenvalue weighted by atomic mass is 10.1. The maximum absolute atomic E-state index is 10.1. The SMILES string of the molecule is O=C(O)CCC(=O)O.O=C(O)CCCCCCCC(=O)O. The minimum Gasteiger partial charge on any atom is -0.481 e. The molecule has 0 fully saturated rings. The minimum absolute atomic E-state index is 0.221. The molecular formula is C13H22O8. The number of rotatable bonds is 11. The molecule has 0 saturated carbocycles. The van der Waals surface area contributed by atoms with Crippen LogP contribution in [0, 0.1) is 0 Å². The molecule has 0 aromatic carbocycles. The van der Waals surface area contributed by atoms with E-state index >= 15 is 0 Å². The second-order valence-corrected chi connectivity index (χ2v) is 4.34. The second-order valence-electron chi connectivity index (χ2n) is 4.34. The predicted octanol–water partition coefficient (Wildman–Crippen LogP) is 1.82. The van der Waals surface area contributed by atoms with E-state index in [-0.39, 0.29) is 25.7 Å². The Balaban J connectivity index is 0. The Morgan fingerprint density at radius 1 is 0.429 bits per heavy atom. The van der Waals surface area contributed by atoms with Crippen molar-refractivity contribution in [3.63, 3.8) is 0 Å². The third-order valence-electron chi connectivity index (χ3n) is 2.33. The number of aliphatic carboxylic acids is 4. The van der Waals surface area contributed by atoms with Gasteiger partial charge in [0.2, 0.25) is 0 Å². The van der Waals surface area contributed by atoms with E-state index in [4.69, 9.17) is 20.4 Å². The van der Waals surface area contributed by atoms with Crippen LogP contribution in [0.4, 0.5) is 0 Å². The molecule has 0 aliphatic rings. The van der Waals surface area contributed by atoms with Gasteiger partial charge in [-0.15, -0.1) is 0 Å². The van der Waals surface area contributed by atoms with Gasteiger partial charge in [0.15, 0.2) is 0 Å². The Bertz CT molecular complexity index is 305. The molecule has 122 valence electrons. The number of carbonyl (C=O) groups is 4. The standard InChI is InChI=1S/C9H16O4.C4H6O4/c10-8(11)6-4-2-1-3-5-7-9(12)13;5-3(6)1-2-4(7)8/h1-7H2,(H,10,11)(H,12,13);1-2H2,(H,5,6)(H,7,8). The zero-order chi connectivity index (χ0) is 16.7. The highest BCUT2D eigenvalue weighted by molar-refractivity contribution is 5.75. The van der Waals surface area contributed by atoms with Gasteiger partial charge >= 0.3 is 23.9 Å². The summed E-state index contributed by atoms with van der Waals surface area (Å²) < 4.78 is 0. The van der Waals surface area contributed by atoms with Crippen molar-refractivity contribution in [2.45, 2.75) is 57.8 Å². The Hall–Kier alpha value is -2.12. The second kappa shape index (κ2) is 14.3. The number of hydrogen-bond donors (Lipinski definition) is 4. The van der Waals surface area contributed by atoms with E-state index in [0.29, 0.717) is 12.8 Å². The lowest BCUT2D eigenvalue weighted by Gasteiger charge is -1.97. The van der Waals surface area contributed by atoms with Gasteiger partial charge in [0.1, 0.15) is 0 Å². The maximum atomic E-state index is 10.1. The smallest absolute Gasteiger partial charge is 0.303 e. The van der Waals surface area contributed by atoms with Crippen molar-refractivity contribution in [1.82, 2.24) is 0 Å². The molecule has 21 heavy (non-hydrogen) atoms. The van der Waals surface area contributed by atoms with Crippen LogP contribution < -0.4 is 0 Å². The maximum Gasteiger partial charge on any atom is 0.303 e. The van der Waals surface area contributed by atoms with Crippen LogP contribution in [0.15, 0.2) is 0 Å². The number of carboxylic acids is 4. The number of carboxylic acid groups (broad SMARTS) is 4. The van der Waals surface area contributed by atoms with Gasteiger partial charge in [-0.2, -0.15) is 0 Å². The third kappa shape index (κ3) is 27.2. The zero-order valence-corrected chi connectivity index (χ0v) is 11.8. The van der Waals surface area contributed by atoms with E-state index in [1.54, 1.807) is 0 Å². The van der Waals surface area contributed by atoms with Crippen LogP contribution in [-0.4, -0.2) is 44.3 Å². The van der Waals surface area contributed by atoms with E-state index in [1.165, 1.54) is 0 Å². The van der Waals surface area contributed by atoms with Crippen LogP contribution in [0.1, 0.15) is 57.8 Å². The molecule has 0 amide bonds. The average Bonchev–Trinajstić information content (AvgIpc) is 2.35. The van der Waals surface area contributed by atoms with Crippen LogP contribution in [-0.2, 0) is 19.2 Å². The van der Waals surface area contributed by atoms with Crippen molar-refractivity contribution in [3.05, 3.63) is 0 Å². The van der Waals surface area contributed by atoms with Crippen LogP contribution in [0.25, 0.3) is 0 Å². The average molecular weight is 306 g/mol. The van der Waals surface area contributed by atoms with Gasteiger partial charge < -0.3 is 20.4 Å². The van der Waals surface area contributed by atoms with Crippen molar-refractivity contribution in [1.29, 1.82) is 0 Å². The highest BCUT2D eigenvalue weighted by atomic mass is 16.4. The van der Waals surface area contributed by atoms with Gasteiger partial charge in [0.25, 0.3) is 0 Å². The topological polar surface area (TPSA) is 149 Å². The van der Waals surface area contributed by atoms with Crippen molar-refractivity contribution in [2.75, 3.05) is 0 Å². The van der Waals surface area contributed by atoms with Crippen LogP contribution in [0.3, 0.4) is 0 Å². The molecule has 0 spiro atoms. The summed E-state index contributed by atoms with van der Waals surface area (Å²) in [6, 6.07) is 0. The van der Waals surface area contributed by atoms with Gasteiger partial charge in [-0.25, -0.2) is 0 Å². The number of hydrogen-bond acceptors (Lipinski definition) is 4. The van der Waals surface area contributed by atoms with Crippen molar-refractivity contribution in [3.8, 4) is 0 Å². The third-order valence-corrected chi connectivity index (χ3v) is 2.33. The first kappa shape index (κ1) is 21.2. The summed E-state index contributed by atoms with van der Waals surface area (Å²) in [7, 11) is 0. The molecular weight excluding hydrogens is 284 g/mol. The molecule has 0 aromatic rings. The summed E-state index contributed by atoms with van der Waals surface area (Å²) in [6.45, 7) is 0. The molecule has 0 radical (unpaired) electrons.